The molecule has 0 saturated heterocycles. The van der Waals surface area contributed by atoms with Crippen LogP contribution in [-0.4, -0.2) is 16.2 Å². The fourth-order valence-electron chi connectivity index (χ4n) is 1.41. The lowest BCUT2D eigenvalue weighted by Crippen LogP contribution is -1.96. The molecule has 2 aromatic rings. The summed E-state index contributed by atoms with van der Waals surface area (Å²) in [6.45, 7) is 0. The van der Waals surface area contributed by atoms with Crippen LogP contribution in [-0.2, 0) is 0 Å². The second kappa shape index (κ2) is 5.17. The Bertz CT molecular complexity index is 578. The summed E-state index contributed by atoms with van der Waals surface area (Å²) in [5, 5.41) is 9.87. The van der Waals surface area contributed by atoms with Crippen LogP contribution in [0.25, 0.3) is 11.3 Å². The summed E-state index contributed by atoms with van der Waals surface area (Å²) < 4.78 is 0. The van der Waals surface area contributed by atoms with E-state index < -0.39 is 0 Å². The third-order valence-electron chi connectivity index (χ3n) is 2.19. The van der Waals surface area contributed by atoms with Crippen molar-refractivity contribution in [3.63, 3.8) is 0 Å². The molecule has 5 heteroatoms. The number of halogens is 1. The second-order valence-electron chi connectivity index (χ2n) is 3.20. The third kappa shape index (κ3) is 2.41. The van der Waals surface area contributed by atoms with Gasteiger partial charge in [-0.25, -0.2) is 9.97 Å². The van der Waals surface area contributed by atoms with Crippen LogP contribution in [0.4, 0.5) is 0 Å². The molecule has 0 aliphatic rings. The molecule has 0 aliphatic carbocycles. The highest BCUT2D eigenvalue weighted by molar-refractivity contribution is 7.98. The second-order valence-corrected chi connectivity index (χ2v) is 4.33. The zero-order chi connectivity index (χ0) is 12.3. The van der Waals surface area contributed by atoms with Crippen molar-refractivity contribution in [1.29, 1.82) is 5.26 Å². The van der Waals surface area contributed by atoms with Crippen LogP contribution < -0.4 is 0 Å². The van der Waals surface area contributed by atoms with E-state index in [9.17, 15) is 0 Å². The number of aromatic nitrogens is 2. The number of thioether (sulfide) groups is 1. The molecular weight excluding hydrogens is 254 g/mol. The van der Waals surface area contributed by atoms with E-state index in [2.05, 4.69) is 9.97 Å². The van der Waals surface area contributed by atoms with Gasteiger partial charge >= 0.3 is 0 Å². The van der Waals surface area contributed by atoms with E-state index in [0.29, 0.717) is 16.4 Å². The van der Waals surface area contributed by atoms with Crippen LogP contribution >= 0.6 is 23.4 Å². The van der Waals surface area contributed by atoms with Gasteiger partial charge in [-0.1, -0.05) is 53.7 Å². The van der Waals surface area contributed by atoms with Crippen molar-refractivity contribution < 1.29 is 0 Å². The normalized spacial score (nSPS) is 9.94. The molecule has 0 fully saturated rings. The van der Waals surface area contributed by atoms with Gasteiger partial charge in [-0.15, -0.1) is 0 Å². The lowest BCUT2D eigenvalue weighted by molar-refractivity contribution is 0.970. The Balaban J connectivity index is 2.68. The molecule has 3 nitrogen and oxygen atoms in total. The molecule has 0 saturated carbocycles. The zero-order valence-electron chi connectivity index (χ0n) is 9.01. The summed E-state index contributed by atoms with van der Waals surface area (Å²) in [6.07, 6.45) is 1.87. The Morgan fingerprint density at radius 1 is 1.24 bits per heavy atom. The van der Waals surface area contributed by atoms with E-state index in [1.165, 1.54) is 11.8 Å². The first-order chi connectivity index (χ1) is 8.26. The van der Waals surface area contributed by atoms with Gasteiger partial charge < -0.3 is 0 Å². The Kier molecular flexibility index (Phi) is 3.62. The van der Waals surface area contributed by atoms with Gasteiger partial charge in [0, 0.05) is 5.56 Å². The minimum Gasteiger partial charge on any atom is -0.221 e. The number of nitriles is 1. The standard InChI is InChI=1S/C12H8ClN3S/c1-17-12-15-10(8-5-3-2-4-6-8)9(7-14)11(13)16-12/h2-6H,1H3. The summed E-state index contributed by atoms with van der Waals surface area (Å²) in [4.78, 5) is 8.38. The van der Waals surface area contributed by atoms with Crippen molar-refractivity contribution in [2.24, 2.45) is 0 Å². The summed E-state index contributed by atoms with van der Waals surface area (Å²) in [7, 11) is 0. The predicted octanol–water partition coefficient (Wildman–Crippen LogP) is 3.39. The van der Waals surface area contributed by atoms with Crippen LogP contribution in [0.1, 0.15) is 5.56 Å². The van der Waals surface area contributed by atoms with E-state index in [1.807, 2.05) is 42.7 Å². The maximum absolute atomic E-state index is 9.10. The van der Waals surface area contributed by atoms with Gasteiger partial charge in [-0.2, -0.15) is 5.26 Å². The Morgan fingerprint density at radius 2 is 1.94 bits per heavy atom. The van der Waals surface area contributed by atoms with Gasteiger partial charge in [0.05, 0.1) is 5.69 Å². The molecule has 0 bridgehead atoms. The zero-order valence-corrected chi connectivity index (χ0v) is 10.6. The molecule has 0 aliphatic heterocycles. The van der Waals surface area contributed by atoms with Crippen LogP contribution in [0.5, 0.6) is 0 Å². The molecule has 0 spiro atoms. The monoisotopic (exact) mass is 261 g/mol. The van der Waals surface area contributed by atoms with Crippen LogP contribution in [0.3, 0.4) is 0 Å². The van der Waals surface area contributed by atoms with Gasteiger partial charge in [0.25, 0.3) is 0 Å². The van der Waals surface area contributed by atoms with Crippen molar-refractivity contribution in [3.05, 3.63) is 41.0 Å². The highest BCUT2D eigenvalue weighted by Gasteiger charge is 2.13. The largest absolute Gasteiger partial charge is 0.221 e. The van der Waals surface area contributed by atoms with Crippen molar-refractivity contribution in [2.45, 2.75) is 5.16 Å². The van der Waals surface area contributed by atoms with E-state index >= 15 is 0 Å². The molecule has 17 heavy (non-hydrogen) atoms. The molecule has 0 N–H and O–H groups in total. The summed E-state index contributed by atoms with van der Waals surface area (Å²) in [6, 6.07) is 11.5. The smallest absolute Gasteiger partial charge is 0.189 e. The average molecular weight is 262 g/mol. The van der Waals surface area contributed by atoms with Crippen LogP contribution in [0.15, 0.2) is 35.5 Å². The minimum absolute atomic E-state index is 0.200. The molecule has 1 heterocycles. The molecule has 84 valence electrons. The number of benzene rings is 1. The first-order valence-corrected chi connectivity index (χ1v) is 6.43. The topological polar surface area (TPSA) is 49.6 Å². The van der Waals surface area contributed by atoms with Crippen molar-refractivity contribution in [3.8, 4) is 17.3 Å². The SMILES string of the molecule is CSc1nc(Cl)c(C#N)c(-c2ccccc2)n1. The molecule has 2 rings (SSSR count). The molecule has 1 aromatic heterocycles. The molecule has 1 aromatic carbocycles. The average Bonchev–Trinajstić information content (AvgIpc) is 2.38. The lowest BCUT2D eigenvalue weighted by Gasteiger charge is -2.06. The van der Waals surface area contributed by atoms with Crippen LogP contribution in [0, 0.1) is 11.3 Å². The molecule has 0 atom stereocenters. The Labute approximate surface area is 108 Å². The van der Waals surface area contributed by atoms with Crippen LogP contribution in [0.2, 0.25) is 5.15 Å². The first-order valence-electron chi connectivity index (χ1n) is 4.83. The van der Waals surface area contributed by atoms with E-state index in [0.717, 1.165) is 5.56 Å². The minimum atomic E-state index is 0.200. The molecular formula is C12H8ClN3S. The number of rotatable bonds is 2. The fraction of sp³-hybridized carbons (Fsp3) is 0.0833. The lowest BCUT2D eigenvalue weighted by atomic mass is 10.1. The van der Waals surface area contributed by atoms with Crippen molar-refractivity contribution >= 4 is 23.4 Å². The highest BCUT2D eigenvalue weighted by atomic mass is 35.5. The quantitative estimate of drug-likeness (QED) is 0.472. The number of hydrogen-bond donors (Lipinski definition) is 0. The van der Waals surface area contributed by atoms with Gasteiger partial charge in [-0.3, -0.25) is 0 Å². The van der Waals surface area contributed by atoms with Gasteiger partial charge in [0.2, 0.25) is 0 Å². The highest BCUT2D eigenvalue weighted by Crippen LogP contribution is 2.27. The number of hydrogen-bond acceptors (Lipinski definition) is 4. The molecule has 0 amide bonds. The third-order valence-corrected chi connectivity index (χ3v) is 3.01. The Morgan fingerprint density at radius 3 is 2.53 bits per heavy atom. The van der Waals surface area contributed by atoms with Crippen molar-refractivity contribution in [1.82, 2.24) is 9.97 Å². The van der Waals surface area contributed by atoms with E-state index in [-0.39, 0.29) is 5.15 Å². The van der Waals surface area contributed by atoms with Gasteiger partial charge in [-0.05, 0) is 6.26 Å². The maximum Gasteiger partial charge on any atom is 0.189 e. The summed E-state index contributed by atoms with van der Waals surface area (Å²) in [5.41, 5.74) is 1.76. The van der Waals surface area contributed by atoms with E-state index in [4.69, 9.17) is 16.9 Å². The Hall–Kier alpha value is -1.57. The maximum atomic E-state index is 9.10. The summed E-state index contributed by atoms with van der Waals surface area (Å²) in [5.74, 6) is 0. The summed E-state index contributed by atoms with van der Waals surface area (Å²) >= 11 is 7.37. The predicted molar refractivity (Wildman–Crippen MR) is 69.0 cm³/mol. The van der Waals surface area contributed by atoms with Gasteiger partial charge in [0.15, 0.2) is 10.3 Å². The van der Waals surface area contributed by atoms with Gasteiger partial charge in [0.1, 0.15) is 11.6 Å². The number of nitrogens with zero attached hydrogens (tertiary/aromatic N) is 3. The molecule has 0 radical (unpaired) electrons. The van der Waals surface area contributed by atoms with E-state index in [1.54, 1.807) is 0 Å². The molecule has 0 unspecified atom stereocenters. The van der Waals surface area contributed by atoms with Crippen molar-refractivity contribution in [2.75, 3.05) is 6.26 Å². The fourth-order valence-corrected chi connectivity index (χ4v) is 2.04. The first kappa shape index (κ1) is 11.9.